The maximum Gasteiger partial charge on any atom is 0.405 e. The minimum atomic E-state index is -0.948. The second kappa shape index (κ2) is 3.76. The molecule has 1 aromatic carbocycles. The van der Waals surface area contributed by atoms with Gasteiger partial charge in [0.1, 0.15) is 0 Å². The van der Waals surface area contributed by atoms with Gasteiger partial charge in [0.25, 0.3) is 0 Å². The summed E-state index contributed by atoms with van der Waals surface area (Å²) in [6, 6.07) is 8.13. The van der Waals surface area contributed by atoms with Crippen LogP contribution in [0.2, 0.25) is 0 Å². The van der Waals surface area contributed by atoms with E-state index in [0.29, 0.717) is 0 Å². The van der Waals surface area contributed by atoms with E-state index in [4.69, 9.17) is 5.11 Å². The summed E-state index contributed by atoms with van der Waals surface area (Å²) in [5.41, 5.74) is 1.79. The standard InChI is InChI=1S/C14H19NO2/c1-13(2,3)14(15-12(16)17)9-8-10-6-4-5-7-11(10)14/h4-7,15H,8-9H2,1-3H3,(H,16,17). The summed E-state index contributed by atoms with van der Waals surface area (Å²) >= 11 is 0. The average molecular weight is 233 g/mol. The van der Waals surface area contributed by atoms with Crippen LogP contribution in [0.15, 0.2) is 24.3 Å². The number of aryl methyl sites for hydroxylation is 1. The first-order valence-corrected chi connectivity index (χ1v) is 5.96. The highest BCUT2D eigenvalue weighted by atomic mass is 16.4. The van der Waals surface area contributed by atoms with Crippen LogP contribution in [0.1, 0.15) is 38.3 Å². The molecule has 2 rings (SSSR count). The topological polar surface area (TPSA) is 49.3 Å². The number of rotatable bonds is 1. The number of hydrogen-bond donors (Lipinski definition) is 2. The van der Waals surface area contributed by atoms with Crippen LogP contribution < -0.4 is 5.32 Å². The molecule has 1 aliphatic rings. The number of carboxylic acid groups (broad SMARTS) is 1. The molecule has 3 nitrogen and oxygen atoms in total. The van der Waals surface area contributed by atoms with Gasteiger partial charge in [0, 0.05) is 0 Å². The number of amides is 1. The number of nitrogens with one attached hydrogen (secondary N) is 1. The van der Waals surface area contributed by atoms with Crippen molar-refractivity contribution in [1.29, 1.82) is 0 Å². The first kappa shape index (κ1) is 12.0. The predicted octanol–water partition coefficient (Wildman–Crippen LogP) is 3.14. The van der Waals surface area contributed by atoms with Gasteiger partial charge in [-0.15, -0.1) is 0 Å². The molecule has 0 saturated carbocycles. The Hall–Kier alpha value is -1.51. The second-order valence-electron chi connectivity index (χ2n) is 5.74. The summed E-state index contributed by atoms with van der Waals surface area (Å²) in [5.74, 6) is 0. The molecule has 1 unspecified atom stereocenters. The minimum absolute atomic E-state index is 0.141. The molecular weight excluding hydrogens is 214 g/mol. The summed E-state index contributed by atoms with van der Waals surface area (Å²) in [6.07, 6.45) is 0.826. The second-order valence-corrected chi connectivity index (χ2v) is 5.74. The molecule has 3 heteroatoms. The number of benzene rings is 1. The van der Waals surface area contributed by atoms with Gasteiger partial charge in [-0.2, -0.15) is 0 Å². The summed E-state index contributed by atoms with van der Waals surface area (Å²) in [5, 5.41) is 11.9. The quantitative estimate of drug-likeness (QED) is 0.782. The van der Waals surface area contributed by atoms with Gasteiger partial charge in [-0.1, -0.05) is 45.0 Å². The number of hydrogen-bond acceptors (Lipinski definition) is 1. The highest BCUT2D eigenvalue weighted by Gasteiger charge is 2.48. The largest absolute Gasteiger partial charge is 0.465 e. The third-order valence-electron chi connectivity index (χ3n) is 3.85. The molecule has 1 amide bonds. The Morgan fingerprint density at radius 3 is 2.59 bits per heavy atom. The lowest BCUT2D eigenvalue weighted by molar-refractivity contribution is 0.118. The average Bonchev–Trinajstić information content (AvgIpc) is 2.57. The van der Waals surface area contributed by atoms with Gasteiger partial charge >= 0.3 is 6.09 Å². The van der Waals surface area contributed by atoms with Crippen molar-refractivity contribution in [2.45, 2.75) is 39.2 Å². The normalized spacial score (nSPS) is 23.2. The van der Waals surface area contributed by atoms with Crippen LogP contribution in [-0.2, 0) is 12.0 Å². The van der Waals surface area contributed by atoms with Crippen LogP contribution in [-0.4, -0.2) is 11.2 Å². The zero-order valence-electron chi connectivity index (χ0n) is 10.6. The Morgan fingerprint density at radius 1 is 1.35 bits per heavy atom. The maximum absolute atomic E-state index is 11.1. The molecule has 0 fully saturated rings. The summed E-state index contributed by atoms with van der Waals surface area (Å²) in [4.78, 5) is 11.1. The van der Waals surface area contributed by atoms with Crippen molar-refractivity contribution in [3.05, 3.63) is 35.4 Å². The Kier molecular flexibility index (Phi) is 2.64. The van der Waals surface area contributed by atoms with Gasteiger partial charge in [-0.05, 0) is 29.4 Å². The van der Waals surface area contributed by atoms with Crippen LogP contribution in [0.5, 0.6) is 0 Å². The van der Waals surface area contributed by atoms with Crippen molar-refractivity contribution in [2.75, 3.05) is 0 Å². The third-order valence-corrected chi connectivity index (χ3v) is 3.85. The number of carbonyl (C=O) groups is 1. The van der Waals surface area contributed by atoms with Crippen LogP contribution in [0.3, 0.4) is 0 Å². The van der Waals surface area contributed by atoms with Crippen molar-refractivity contribution < 1.29 is 9.90 Å². The van der Waals surface area contributed by atoms with Crippen LogP contribution in [0, 0.1) is 5.41 Å². The van der Waals surface area contributed by atoms with Crippen molar-refractivity contribution >= 4 is 6.09 Å². The molecule has 0 aromatic heterocycles. The SMILES string of the molecule is CC(C)(C)C1(NC(=O)O)CCc2ccccc21. The molecule has 0 heterocycles. The first-order valence-electron chi connectivity index (χ1n) is 5.96. The van der Waals surface area contributed by atoms with E-state index in [2.05, 4.69) is 32.2 Å². The highest BCUT2D eigenvalue weighted by Crippen LogP contribution is 2.48. The molecular formula is C14H19NO2. The Bertz CT molecular complexity index is 448. The molecule has 1 atom stereocenters. The lowest BCUT2D eigenvalue weighted by atomic mass is 9.70. The van der Waals surface area contributed by atoms with E-state index in [1.54, 1.807) is 0 Å². The molecule has 2 N–H and O–H groups in total. The van der Waals surface area contributed by atoms with E-state index in [-0.39, 0.29) is 5.41 Å². The monoisotopic (exact) mass is 233 g/mol. The van der Waals surface area contributed by atoms with E-state index in [1.807, 2.05) is 18.2 Å². The number of fused-ring (bicyclic) bond motifs is 1. The predicted molar refractivity (Wildman–Crippen MR) is 67.1 cm³/mol. The van der Waals surface area contributed by atoms with E-state index in [1.165, 1.54) is 5.56 Å². The zero-order chi connectivity index (χ0) is 12.7. The smallest absolute Gasteiger partial charge is 0.405 e. The lowest BCUT2D eigenvalue weighted by Crippen LogP contribution is -2.52. The minimum Gasteiger partial charge on any atom is -0.465 e. The van der Waals surface area contributed by atoms with Crippen molar-refractivity contribution in [3.63, 3.8) is 0 Å². The fourth-order valence-electron chi connectivity index (χ4n) is 2.89. The first-order chi connectivity index (χ1) is 7.87. The maximum atomic E-state index is 11.1. The van der Waals surface area contributed by atoms with Crippen molar-refractivity contribution in [3.8, 4) is 0 Å². The van der Waals surface area contributed by atoms with Gasteiger partial charge in [-0.25, -0.2) is 4.79 Å². The molecule has 0 aliphatic heterocycles. The Balaban J connectivity index is 2.55. The van der Waals surface area contributed by atoms with Gasteiger partial charge < -0.3 is 10.4 Å². The summed E-state index contributed by atoms with van der Waals surface area (Å²) < 4.78 is 0. The summed E-state index contributed by atoms with van der Waals surface area (Å²) in [6.45, 7) is 6.26. The van der Waals surface area contributed by atoms with E-state index >= 15 is 0 Å². The van der Waals surface area contributed by atoms with Crippen LogP contribution >= 0.6 is 0 Å². The van der Waals surface area contributed by atoms with Gasteiger partial charge in [0.05, 0.1) is 5.54 Å². The van der Waals surface area contributed by atoms with Gasteiger partial charge in [0.15, 0.2) is 0 Å². The van der Waals surface area contributed by atoms with Gasteiger partial charge in [-0.3, -0.25) is 0 Å². The zero-order valence-corrected chi connectivity index (χ0v) is 10.6. The van der Waals surface area contributed by atoms with E-state index in [9.17, 15) is 4.79 Å². The summed E-state index contributed by atoms with van der Waals surface area (Å²) in [7, 11) is 0. The molecule has 0 spiro atoms. The molecule has 92 valence electrons. The molecule has 1 aromatic rings. The van der Waals surface area contributed by atoms with E-state index < -0.39 is 11.6 Å². The molecule has 17 heavy (non-hydrogen) atoms. The van der Waals surface area contributed by atoms with Gasteiger partial charge in [0.2, 0.25) is 0 Å². The fraction of sp³-hybridized carbons (Fsp3) is 0.500. The highest BCUT2D eigenvalue weighted by molar-refractivity contribution is 5.67. The molecule has 0 radical (unpaired) electrons. The lowest BCUT2D eigenvalue weighted by Gasteiger charge is -2.42. The molecule has 1 aliphatic carbocycles. The van der Waals surface area contributed by atoms with Crippen LogP contribution in [0.4, 0.5) is 4.79 Å². The molecule has 0 saturated heterocycles. The Morgan fingerprint density at radius 2 is 2.00 bits per heavy atom. The van der Waals surface area contributed by atoms with Crippen molar-refractivity contribution in [1.82, 2.24) is 5.32 Å². The Labute approximate surface area is 102 Å². The van der Waals surface area contributed by atoms with Crippen LogP contribution in [0.25, 0.3) is 0 Å². The fourth-order valence-corrected chi connectivity index (χ4v) is 2.89. The molecule has 0 bridgehead atoms. The van der Waals surface area contributed by atoms with E-state index in [0.717, 1.165) is 18.4 Å². The van der Waals surface area contributed by atoms with Crippen molar-refractivity contribution in [2.24, 2.45) is 5.41 Å². The third kappa shape index (κ3) is 1.79.